The van der Waals surface area contributed by atoms with Crippen molar-refractivity contribution in [2.24, 2.45) is 5.92 Å². The quantitative estimate of drug-likeness (QED) is 0.810. The third-order valence-corrected chi connectivity index (χ3v) is 4.11. The number of carbonyl (C=O) groups is 2. The molecule has 23 heavy (non-hydrogen) atoms. The van der Waals surface area contributed by atoms with Gasteiger partial charge in [-0.25, -0.2) is 4.98 Å². The number of hydrogen-bond donors (Lipinski definition) is 0. The molecule has 1 aliphatic rings. The van der Waals surface area contributed by atoms with E-state index in [9.17, 15) is 9.59 Å². The van der Waals surface area contributed by atoms with Crippen LogP contribution in [0.15, 0.2) is 41.1 Å². The summed E-state index contributed by atoms with van der Waals surface area (Å²) in [5, 5.41) is 0. The van der Waals surface area contributed by atoms with Crippen molar-refractivity contribution < 1.29 is 18.7 Å². The summed E-state index contributed by atoms with van der Waals surface area (Å²) in [4.78, 5) is 30.4. The summed E-state index contributed by atoms with van der Waals surface area (Å²) in [7, 11) is 1.57. The number of aromatic nitrogens is 1. The normalized spacial score (nSPS) is 15.4. The summed E-state index contributed by atoms with van der Waals surface area (Å²) in [6.45, 7) is 1.10. The number of piperidine rings is 1. The highest BCUT2D eigenvalue weighted by molar-refractivity contribution is 5.96. The maximum absolute atomic E-state index is 12.5. The number of likely N-dealkylation sites (tertiary alicyclic amines) is 1. The second-order valence-corrected chi connectivity index (χ2v) is 5.50. The second-order valence-electron chi connectivity index (χ2n) is 5.50. The maximum atomic E-state index is 12.5. The molecule has 0 unspecified atom stereocenters. The topological polar surface area (TPSA) is 72.6 Å². The predicted molar refractivity (Wildman–Crippen MR) is 82.5 cm³/mol. The van der Waals surface area contributed by atoms with Crippen molar-refractivity contribution in [2.75, 3.05) is 20.2 Å². The van der Waals surface area contributed by atoms with E-state index < -0.39 is 0 Å². The molecule has 2 heterocycles. The molecule has 0 atom stereocenters. The standard InChI is InChI=1S/C17H18N2O4/c1-22-14-4-2-3-13(11-14)17(21)19-8-5-12(6-9-19)15(20)16-18-7-10-23-16/h2-4,7,10-12H,5-6,8-9H2,1H3. The van der Waals surface area contributed by atoms with Gasteiger partial charge in [0.1, 0.15) is 12.0 Å². The summed E-state index contributed by atoms with van der Waals surface area (Å²) in [5.41, 5.74) is 0.599. The highest BCUT2D eigenvalue weighted by Crippen LogP contribution is 2.23. The molecule has 6 heteroatoms. The number of carbonyl (C=O) groups excluding carboxylic acids is 2. The highest BCUT2D eigenvalue weighted by atomic mass is 16.5. The van der Waals surface area contributed by atoms with E-state index in [-0.39, 0.29) is 23.5 Å². The van der Waals surface area contributed by atoms with E-state index >= 15 is 0 Å². The van der Waals surface area contributed by atoms with Crippen LogP contribution in [-0.2, 0) is 0 Å². The van der Waals surface area contributed by atoms with Crippen molar-refractivity contribution in [3.8, 4) is 5.75 Å². The van der Waals surface area contributed by atoms with Gasteiger partial charge in [0, 0.05) is 24.6 Å². The van der Waals surface area contributed by atoms with E-state index in [0.717, 1.165) is 0 Å². The van der Waals surface area contributed by atoms with Gasteiger partial charge in [-0.05, 0) is 31.0 Å². The third-order valence-electron chi connectivity index (χ3n) is 4.11. The van der Waals surface area contributed by atoms with Crippen LogP contribution >= 0.6 is 0 Å². The highest BCUT2D eigenvalue weighted by Gasteiger charge is 2.30. The molecule has 0 radical (unpaired) electrons. The zero-order valence-electron chi connectivity index (χ0n) is 12.9. The number of ketones is 1. The Hall–Kier alpha value is -2.63. The molecule has 0 aliphatic carbocycles. The monoisotopic (exact) mass is 314 g/mol. The molecule has 1 fully saturated rings. The van der Waals surface area contributed by atoms with Gasteiger partial charge < -0.3 is 14.1 Å². The molecule has 0 spiro atoms. The Balaban J connectivity index is 1.62. The van der Waals surface area contributed by atoms with Gasteiger partial charge in [-0.15, -0.1) is 0 Å². The molecule has 120 valence electrons. The summed E-state index contributed by atoms with van der Waals surface area (Å²) in [5.74, 6) is 0.560. The number of hydrogen-bond acceptors (Lipinski definition) is 5. The Morgan fingerprint density at radius 2 is 2.09 bits per heavy atom. The minimum Gasteiger partial charge on any atom is -0.497 e. The molecule has 0 N–H and O–H groups in total. The summed E-state index contributed by atoms with van der Waals surface area (Å²) < 4.78 is 10.2. The molecule has 3 rings (SSSR count). The first kappa shape index (κ1) is 15.3. The van der Waals surface area contributed by atoms with Crippen LogP contribution in [0.2, 0.25) is 0 Å². The molecular formula is C17H18N2O4. The number of methoxy groups -OCH3 is 1. The number of benzene rings is 1. The molecule has 1 amide bonds. The lowest BCUT2D eigenvalue weighted by atomic mass is 9.92. The molecule has 1 saturated heterocycles. The van der Waals surface area contributed by atoms with E-state index in [1.165, 1.54) is 12.5 Å². The van der Waals surface area contributed by atoms with E-state index in [2.05, 4.69) is 4.98 Å². The fourth-order valence-corrected chi connectivity index (χ4v) is 2.80. The zero-order chi connectivity index (χ0) is 16.2. The lowest BCUT2D eigenvalue weighted by molar-refractivity contribution is 0.0640. The second kappa shape index (κ2) is 6.64. The van der Waals surface area contributed by atoms with Crippen molar-refractivity contribution in [3.63, 3.8) is 0 Å². The van der Waals surface area contributed by atoms with Gasteiger partial charge in [0.05, 0.1) is 13.3 Å². The van der Waals surface area contributed by atoms with Crippen molar-refractivity contribution in [3.05, 3.63) is 48.2 Å². The van der Waals surface area contributed by atoms with Crippen molar-refractivity contribution >= 4 is 11.7 Å². The lowest BCUT2D eigenvalue weighted by Crippen LogP contribution is -2.40. The Bertz CT molecular complexity index is 688. The zero-order valence-corrected chi connectivity index (χ0v) is 12.9. The van der Waals surface area contributed by atoms with Gasteiger partial charge in [-0.1, -0.05) is 6.07 Å². The van der Waals surface area contributed by atoms with Crippen LogP contribution in [0.1, 0.15) is 33.9 Å². The van der Waals surface area contributed by atoms with Crippen molar-refractivity contribution in [2.45, 2.75) is 12.8 Å². The number of nitrogens with zero attached hydrogens (tertiary/aromatic N) is 2. The molecule has 2 aromatic rings. The molecule has 6 nitrogen and oxygen atoms in total. The van der Waals surface area contributed by atoms with Crippen LogP contribution < -0.4 is 4.74 Å². The Labute approximate surface area is 134 Å². The number of ether oxygens (including phenoxy) is 1. The molecule has 1 aromatic carbocycles. The van der Waals surface area contributed by atoms with Crippen LogP contribution in [0.4, 0.5) is 0 Å². The summed E-state index contributed by atoms with van der Waals surface area (Å²) in [6.07, 6.45) is 4.11. The van der Waals surface area contributed by atoms with Gasteiger partial charge in [0.2, 0.25) is 5.78 Å². The number of rotatable bonds is 4. The molecule has 1 aromatic heterocycles. The van der Waals surface area contributed by atoms with Crippen LogP contribution in [-0.4, -0.2) is 41.8 Å². The first-order valence-electron chi connectivity index (χ1n) is 7.56. The van der Waals surface area contributed by atoms with Gasteiger partial charge in [0.15, 0.2) is 0 Å². The van der Waals surface area contributed by atoms with E-state index in [4.69, 9.17) is 9.15 Å². The average Bonchev–Trinajstić information content (AvgIpc) is 3.15. The Morgan fingerprint density at radius 3 is 2.74 bits per heavy atom. The fourth-order valence-electron chi connectivity index (χ4n) is 2.80. The molecule has 0 saturated carbocycles. The first-order chi connectivity index (χ1) is 11.2. The lowest BCUT2D eigenvalue weighted by Gasteiger charge is -2.30. The smallest absolute Gasteiger partial charge is 0.263 e. The van der Waals surface area contributed by atoms with Gasteiger partial charge in [0.25, 0.3) is 11.8 Å². The van der Waals surface area contributed by atoms with Crippen LogP contribution in [0.3, 0.4) is 0 Å². The van der Waals surface area contributed by atoms with Crippen molar-refractivity contribution in [1.82, 2.24) is 9.88 Å². The SMILES string of the molecule is COc1cccc(C(=O)N2CCC(C(=O)c3ncco3)CC2)c1. The van der Waals surface area contributed by atoms with Gasteiger partial charge >= 0.3 is 0 Å². The molecule has 0 bridgehead atoms. The fraction of sp³-hybridized carbons (Fsp3) is 0.353. The number of oxazole rings is 1. The minimum atomic E-state index is -0.136. The number of amides is 1. The van der Waals surface area contributed by atoms with Gasteiger partial charge in [-0.3, -0.25) is 9.59 Å². The van der Waals surface area contributed by atoms with Crippen LogP contribution in [0.25, 0.3) is 0 Å². The van der Waals surface area contributed by atoms with E-state index in [1.807, 2.05) is 0 Å². The van der Waals surface area contributed by atoms with E-state index in [1.54, 1.807) is 36.3 Å². The summed E-state index contributed by atoms with van der Waals surface area (Å²) >= 11 is 0. The predicted octanol–water partition coefficient (Wildman–Crippen LogP) is 2.42. The van der Waals surface area contributed by atoms with Crippen LogP contribution in [0, 0.1) is 5.92 Å². The maximum Gasteiger partial charge on any atom is 0.263 e. The van der Waals surface area contributed by atoms with Crippen molar-refractivity contribution in [1.29, 1.82) is 0 Å². The Kier molecular flexibility index (Phi) is 4.41. The molecular weight excluding hydrogens is 296 g/mol. The van der Waals surface area contributed by atoms with Gasteiger partial charge in [-0.2, -0.15) is 0 Å². The number of Topliss-reactive ketones (excluding diaryl/α,β-unsaturated/α-hetero) is 1. The first-order valence-corrected chi connectivity index (χ1v) is 7.56. The van der Waals surface area contributed by atoms with E-state index in [0.29, 0.717) is 37.2 Å². The minimum absolute atomic E-state index is 0.0362. The third kappa shape index (κ3) is 3.26. The largest absolute Gasteiger partial charge is 0.497 e. The van der Waals surface area contributed by atoms with Crippen LogP contribution in [0.5, 0.6) is 5.75 Å². The Morgan fingerprint density at radius 1 is 1.30 bits per heavy atom. The summed E-state index contributed by atoms with van der Waals surface area (Å²) in [6, 6.07) is 7.10. The molecule has 1 aliphatic heterocycles. The average molecular weight is 314 g/mol.